The van der Waals surface area contributed by atoms with Gasteiger partial charge in [-0.15, -0.1) is 11.6 Å². The first-order valence-corrected chi connectivity index (χ1v) is 3.57. The van der Waals surface area contributed by atoms with E-state index < -0.39 is 0 Å². The molecule has 0 aromatic heterocycles. The molecule has 0 fully saturated rings. The molecule has 0 aliphatic heterocycles. The summed E-state index contributed by atoms with van der Waals surface area (Å²) in [6.07, 6.45) is 0.525. The zero-order valence-electron chi connectivity index (χ0n) is 5.97. The van der Waals surface area contributed by atoms with Crippen LogP contribution in [0.1, 0.15) is 20.3 Å². The van der Waals surface area contributed by atoms with Gasteiger partial charge in [-0.2, -0.15) is 0 Å². The molecular weight excluding hydrogens is 140 g/mol. The predicted molar refractivity (Wildman–Crippen MR) is 39.8 cm³/mol. The van der Waals surface area contributed by atoms with Gasteiger partial charge in [0, 0.05) is 12.5 Å². The molecule has 2 nitrogen and oxygen atoms in total. The van der Waals surface area contributed by atoms with Gasteiger partial charge in [-0.3, -0.25) is 0 Å². The molecule has 1 unspecified atom stereocenters. The molecular formula is C6H15ClO2. The number of hydrogen-bond donors (Lipinski definition) is 2. The van der Waals surface area contributed by atoms with Crippen LogP contribution < -0.4 is 0 Å². The summed E-state index contributed by atoms with van der Waals surface area (Å²) in [5, 5.41) is 16.1. The molecule has 1 atom stereocenters. The van der Waals surface area contributed by atoms with Crippen molar-refractivity contribution in [3.05, 3.63) is 0 Å². The van der Waals surface area contributed by atoms with Crippen LogP contribution in [0.3, 0.4) is 0 Å². The predicted octanol–water partition coefficient (Wildman–Crippen LogP) is 0.995. The molecule has 9 heavy (non-hydrogen) atoms. The maximum atomic E-state index is 8.23. The van der Waals surface area contributed by atoms with E-state index in [2.05, 4.69) is 0 Å². The van der Waals surface area contributed by atoms with E-state index in [0.29, 0.717) is 12.5 Å². The third-order valence-electron chi connectivity index (χ3n) is 0.447. The molecule has 0 bridgehead atoms. The minimum Gasteiger partial charge on any atom is -0.396 e. The summed E-state index contributed by atoms with van der Waals surface area (Å²) in [6, 6.07) is 0. The van der Waals surface area contributed by atoms with Crippen molar-refractivity contribution in [1.29, 1.82) is 0 Å². The summed E-state index contributed by atoms with van der Waals surface area (Å²) in [7, 11) is 0. The van der Waals surface area contributed by atoms with Crippen LogP contribution in [-0.2, 0) is 0 Å². The lowest BCUT2D eigenvalue weighted by Crippen LogP contribution is -1.98. The maximum absolute atomic E-state index is 8.23. The third-order valence-corrected chi connectivity index (χ3v) is 0.894. The fourth-order valence-electron chi connectivity index (χ4n) is 0. The fourth-order valence-corrected chi connectivity index (χ4v) is 0. The van der Waals surface area contributed by atoms with Crippen LogP contribution in [-0.4, -0.2) is 28.8 Å². The van der Waals surface area contributed by atoms with Crippen LogP contribution in [0, 0.1) is 0 Å². The standard InChI is InChI=1S/C3H7ClO.C3H8O/c1-3(5)2-4;1-2-3-4/h3,5H,2H2,1H3;4H,2-3H2,1H3. The molecule has 0 amide bonds. The Bertz CT molecular complexity index is 38.0. The number of aliphatic hydroxyl groups excluding tert-OH is 2. The van der Waals surface area contributed by atoms with Crippen molar-refractivity contribution >= 4 is 11.6 Å². The molecule has 0 aliphatic carbocycles. The van der Waals surface area contributed by atoms with Gasteiger partial charge < -0.3 is 10.2 Å². The molecule has 0 spiro atoms. The first kappa shape index (κ1) is 11.9. The molecule has 0 saturated heterocycles. The SMILES string of the molecule is CC(O)CCl.CCCO. The Hall–Kier alpha value is 0.210. The van der Waals surface area contributed by atoms with Crippen LogP contribution in [0.2, 0.25) is 0 Å². The second kappa shape index (κ2) is 11.1. The molecule has 0 rings (SSSR count). The first-order valence-electron chi connectivity index (χ1n) is 3.03. The van der Waals surface area contributed by atoms with Crippen molar-refractivity contribution in [2.45, 2.75) is 26.4 Å². The summed E-state index contributed by atoms with van der Waals surface area (Å²) in [5.74, 6) is 0.333. The van der Waals surface area contributed by atoms with Crippen LogP contribution in [0.25, 0.3) is 0 Å². The Morgan fingerprint density at radius 2 is 1.78 bits per heavy atom. The van der Waals surface area contributed by atoms with E-state index in [1.807, 2.05) is 6.92 Å². The van der Waals surface area contributed by atoms with Gasteiger partial charge in [0.05, 0.1) is 6.10 Å². The topological polar surface area (TPSA) is 40.5 Å². The number of rotatable bonds is 2. The molecule has 0 radical (unpaired) electrons. The van der Waals surface area contributed by atoms with Crippen molar-refractivity contribution in [3.8, 4) is 0 Å². The van der Waals surface area contributed by atoms with Crippen LogP contribution in [0.15, 0.2) is 0 Å². The van der Waals surface area contributed by atoms with E-state index in [4.69, 9.17) is 21.8 Å². The van der Waals surface area contributed by atoms with Gasteiger partial charge in [-0.1, -0.05) is 6.92 Å². The van der Waals surface area contributed by atoms with E-state index >= 15 is 0 Å². The lowest BCUT2D eigenvalue weighted by molar-refractivity contribution is 0.219. The summed E-state index contributed by atoms with van der Waals surface area (Å²) in [4.78, 5) is 0. The number of aliphatic hydroxyl groups is 2. The van der Waals surface area contributed by atoms with E-state index in [1.54, 1.807) is 6.92 Å². The largest absolute Gasteiger partial charge is 0.396 e. The first-order chi connectivity index (χ1) is 4.18. The van der Waals surface area contributed by atoms with Crippen LogP contribution >= 0.6 is 11.6 Å². The third kappa shape index (κ3) is 30.7. The van der Waals surface area contributed by atoms with E-state index in [1.165, 1.54) is 0 Å². The lowest BCUT2D eigenvalue weighted by atomic mass is 10.5. The van der Waals surface area contributed by atoms with Crippen LogP contribution in [0.4, 0.5) is 0 Å². The highest BCUT2D eigenvalue weighted by Gasteiger charge is 1.83. The molecule has 0 aromatic rings. The average molecular weight is 155 g/mol. The Labute approximate surface area is 61.5 Å². The van der Waals surface area contributed by atoms with E-state index in [9.17, 15) is 0 Å². The van der Waals surface area contributed by atoms with Gasteiger partial charge in [-0.25, -0.2) is 0 Å². The highest BCUT2D eigenvalue weighted by molar-refractivity contribution is 6.18. The van der Waals surface area contributed by atoms with E-state index in [-0.39, 0.29) is 6.10 Å². The quantitative estimate of drug-likeness (QED) is 0.583. The van der Waals surface area contributed by atoms with Gasteiger partial charge >= 0.3 is 0 Å². The summed E-state index contributed by atoms with van der Waals surface area (Å²) in [5.41, 5.74) is 0. The summed E-state index contributed by atoms with van der Waals surface area (Å²) < 4.78 is 0. The van der Waals surface area contributed by atoms with Crippen molar-refractivity contribution < 1.29 is 10.2 Å². The van der Waals surface area contributed by atoms with Crippen LogP contribution in [0.5, 0.6) is 0 Å². The second-order valence-electron chi connectivity index (χ2n) is 1.73. The second-order valence-corrected chi connectivity index (χ2v) is 2.04. The van der Waals surface area contributed by atoms with Crippen molar-refractivity contribution in [3.63, 3.8) is 0 Å². The number of hydrogen-bond acceptors (Lipinski definition) is 2. The van der Waals surface area contributed by atoms with Gasteiger partial charge in [0.25, 0.3) is 0 Å². The van der Waals surface area contributed by atoms with Gasteiger partial charge in [0.1, 0.15) is 0 Å². The zero-order valence-corrected chi connectivity index (χ0v) is 6.73. The Morgan fingerprint density at radius 3 is 1.78 bits per heavy atom. The van der Waals surface area contributed by atoms with Crippen molar-refractivity contribution in [1.82, 2.24) is 0 Å². The van der Waals surface area contributed by atoms with Gasteiger partial charge in [-0.05, 0) is 13.3 Å². The van der Waals surface area contributed by atoms with Gasteiger partial charge in [0.15, 0.2) is 0 Å². The minimum atomic E-state index is -0.350. The fraction of sp³-hybridized carbons (Fsp3) is 1.00. The monoisotopic (exact) mass is 154 g/mol. The highest BCUT2D eigenvalue weighted by Crippen LogP contribution is 1.80. The Morgan fingerprint density at radius 1 is 1.56 bits per heavy atom. The number of alkyl halides is 1. The maximum Gasteiger partial charge on any atom is 0.0647 e. The van der Waals surface area contributed by atoms with Crippen molar-refractivity contribution in [2.24, 2.45) is 0 Å². The lowest BCUT2D eigenvalue weighted by Gasteiger charge is -1.88. The van der Waals surface area contributed by atoms with Crippen molar-refractivity contribution in [2.75, 3.05) is 12.5 Å². The molecule has 0 saturated carbocycles. The van der Waals surface area contributed by atoms with E-state index in [0.717, 1.165) is 6.42 Å². The highest BCUT2D eigenvalue weighted by atomic mass is 35.5. The molecule has 0 aromatic carbocycles. The smallest absolute Gasteiger partial charge is 0.0647 e. The normalized spacial score (nSPS) is 11.7. The zero-order chi connectivity index (χ0) is 7.70. The van der Waals surface area contributed by atoms with Gasteiger partial charge in [0.2, 0.25) is 0 Å². The minimum absolute atomic E-state index is 0.319. The molecule has 3 heteroatoms. The Balaban J connectivity index is 0. The Kier molecular flexibility index (Phi) is 14.7. The molecule has 0 heterocycles. The summed E-state index contributed by atoms with van der Waals surface area (Å²) >= 11 is 5.09. The number of halogens is 1. The molecule has 58 valence electrons. The molecule has 2 N–H and O–H groups in total. The molecule has 0 aliphatic rings. The average Bonchev–Trinajstić information content (AvgIpc) is 1.89. The summed E-state index contributed by atoms with van der Waals surface area (Å²) in [6.45, 7) is 3.90.